The lowest BCUT2D eigenvalue weighted by Crippen LogP contribution is -2.36. The highest BCUT2D eigenvalue weighted by Gasteiger charge is 2.19. The maximum Gasteiger partial charge on any atom is 0.233 e. The number of benzene rings is 1. The highest BCUT2D eigenvalue weighted by molar-refractivity contribution is 7.99. The SMILES string of the molecule is CC(C)CCn1c(COc2ccccc2)nnc1SCC(=O)N1CCCCC1. The van der Waals surface area contributed by atoms with Crippen LogP contribution in [0.5, 0.6) is 5.75 Å². The van der Waals surface area contributed by atoms with Gasteiger partial charge in [-0.05, 0) is 43.7 Å². The number of likely N-dealkylation sites (tertiary alicyclic amines) is 1. The van der Waals surface area contributed by atoms with Crippen LogP contribution in [0.3, 0.4) is 0 Å². The Bertz CT molecular complexity index is 742. The molecule has 1 aromatic carbocycles. The highest BCUT2D eigenvalue weighted by Crippen LogP contribution is 2.21. The van der Waals surface area contributed by atoms with Gasteiger partial charge in [-0.1, -0.05) is 43.8 Å². The van der Waals surface area contributed by atoms with Crippen molar-refractivity contribution in [1.29, 1.82) is 0 Å². The summed E-state index contributed by atoms with van der Waals surface area (Å²) in [5, 5.41) is 9.49. The molecule has 0 aliphatic carbocycles. The van der Waals surface area contributed by atoms with Crippen LogP contribution >= 0.6 is 11.8 Å². The summed E-state index contributed by atoms with van der Waals surface area (Å²) in [5.74, 6) is 2.82. The molecule has 1 aliphatic heterocycles. The lowest BCUT2D eigenvalue weighted by atomic mass is 10.1. The summed E-state index contributed by atoms with van der Waals surface area (Å²) in [6, 6.07) is 9.73. The molecule has 6 nitrogen and oxygen atoms in total. The first kappa shape index (κ1) is 20.7. The minimum absolute atomic E-state index is 0.199. The number of aromatic nitrogens is 3. The van der Waals surface area contributed by atoms with Crippen molar-refractivity contribution >= 4 is 17.7 Å². The lowest BCUT2D eigenvalue weighted by molar-refractivity contribution is -0.129. The number of amides is 1. The number of para-hydroxylation sites is 1. The lowest BCUT2D eigenvalue weighted by Gasteiger charge is -2.26. The Hall–Kier alpha value is -2.02. The Balaban J connectivity index is 1.63. The molecule has 1 aliphatic rings. The van der Waals surface area contributed by atoms with E-state index in [0.717, 1.165) is 55.6 Å². The smallest absolute Gasteiger partial charge is 0.233 e. The van der Waals surface area contributed by atoms with Crippen LogP contribution in [-0.4, -0.2) is 44.4 Å². The van der Waals surface area contributed by atoms with Crippen LogP contribution < -0.4 is 4.74 Å². The summed E-state index contributed by atoms with van der Waals surface area (Å²) in [7, 11) is 0. The molecule has 0 unspecified atom stereocenters. The Morgan fingerprint density at radius 1 is 1.14 bits per heavy atom. The number of thioether (sulfide) groups is 1. The fourth-order valence-corrected chi connectivity index (χ4v) is 4.06. The van der Waals surface area contributed by atoms with Crippen molar-refractivity contribution in [2.24, 2.45) is 5.92 Å². The van der Waals surface area contributed by atoms with Gasteiger partial charge < -0.3 is 14.2 Å². The van der Waals surface area contributed by atoms with E-state index < -0.39 is 0 Å². The van der Waals surface area contributed by atoms with Crippen LogP contribution in [0.2, 0.25) is 0 Å². The van der Waals surface area contributed by atoms with Crippen LogP contribution in [0.4, 0.5) is 0 Å². The van der Waals surface area contributed by atoms with Gasteiger partial charge in [-0.15, -0.1) is 10.2 Å². The first-order valence-electron chi connectivity index (χ1n) is 10.1. The van der Waals surface area contributed by atoms with Crippen LogP contribution in [0.25, 0.3) is 0 Å². The quantitative estimate of drug-likeness (QED) is 0.593. The van der Waals surface area contributed by atoms with E-state index in [9.17, 15) is 4.79 Å². The van der Waals surface area contributed by atoms with Gasteiger partial charge in [0.05, 0.1) is 5.75 Å². The van der Waals surface area contributed by atoms with Gasteiger partial charge >= 0.3 is 0 Å². The number of rotatable bonds is 9. The molecule has 2 aromatic rings. The molecule has 0 N–H and O–H groups in total. The first-order valence-corrected chi connectivity index (χ1v) is 11.1. The van der Waals surface area contributed by atoms with E-state index in [0.29, 0.717) is 18.3 Å². The van der Waals surface area contributed by atoms with E-state index >= 15 is 0 Å². The van der Waals surface area contributed by atoms with Gasteiger partial charge in [0.2, 0.25) is 5.91 Å². The predicted molar refractivity (Wildman–Crippen MR) is 111 cm³/mol. The zero-order valence-electron chi connectivity index (χ0n) is 16.8. The second kappa shape index (κ2) is 10.5. The zero-order chi connectivity index (χ0) is 19.8. The van der Waals surface area contributed by atoms with Gasteiger partial charge in [0.25, 0.3) is 0 Å². The molecule has 0 atom stereocenters. The summed E-state index contributed by atoms with van der Waals surface area (Å²) < 4.78 is 7.97. The third-order valence-electron chi connectivity index (χ3n) is 4.87. The minimum atomic E-state index is 0.199. The summed E-state index contributed by atoms with van der Waals surface area (Å²) in [6.45, 7) is 7.38. The van der Waals surface area contributed by atoms with E-state index in [4.69, 9.17) is 4.74 Å². The normalized spacial score (nSPS) is 14.5. The van der Waals surface area contributed by atoms with Crippen LogP contribution in [0.1, 0.15) is 45.4 Å². The molecule has 0 bridgehead atoms. The third kappa shape index (κ3) is 5.99. The number of hydrogen-bond acceptors (Lipinski definition) is 5. The van der Waals surface area contributed by atoms with Crippen molar-refractivity contribution < 1.29 is 9.53 Å². The molecule has 0 spiro atoms. The molecule has 1 amide bonds. The number of ether oxygens (including phenoxy) is 1. The number of hydrogen-bond donors (Lipinski definition) is 0. The maximum atomic E-state index is 12.5. The van der Waals surface area contributed by atoms with E-state index in [-0.39, 0.29) is 5.91 Å². The number of carbonyl (C=O) groups excluding carboxylic acids is 1. The van der Waals surface area contributed by atoms with Crippen molar-refractivity contribution in [2.75, 3.05) is 18.8 Å². The van der Waals surface area contributed by atoms with E-state index in [1.54, 1.807) is 0 Å². The van der Waals surface area contributed by atoms with E-state index in [1.165, 1.54) is 18.2 Å². The zero-order valence-corrected chi connectivity index (χ0v) is 17.7. The second-order valence-electron chi connectivity index (χ2n) is 7.56. The van der Waals surface area contributed by atoms with Crippen molar-refractivity contribution in [3.8, 4) is 5.75 Å². The summed E-state index contributed by atoms with van der Waals surface area (Å²) >= 11 is 1.49. The van der Waals surface area contributed by atoms with Gasteiger partial charge in [0, 0.05) is 19.6 Å². The number of nitrogens with zero attached hydrogens (tertiary/aromatic N) is 4. The molecule has 7 heteroatoms. The molecule has 28 heavy (non-hydrogen) atoms. The molecule has 152 valence electrons. The predicted octanol–water partition coefficient (Wildman–Crippen LogP) is 4.01. The van der Waals surface area contributed by atoms with Crippen molar-refractivity contribution in [3.05, 3.63) is 36.2 Å². The molecular formula is C21H30N4O2S. The number of carbonyl (C=O) groups is 1. The minimum Gasteiger partial charge on any atom is -0.486 e. The third-order valence-corrected chi connectivity index (χ3v) is 5.82. The van der Waals surface area contributed by atoms with Gasteiger partial charge in [-0.25, -0.2) is 0 Å². The number of piperidine rings is 1. The van der Waals surface area contributed by atoms with Crippen LogP contribution in [-0.2, 0) is 17.9 Å². The molecule has 3 rings (SSSR count). The highest BCUT2D eigenvalue weighted by atomic mass is 32.2. The molecule has 1 saturated heterocycles. The van der Waals surface area contributed by atoms with Crippen LogP contribution in [0, 0.1) is 5.92 Å². The van der Waals surface area contributed by atoms with Crippen molar-refractivity contribution in [3.63, 3.8) is 0 Å². The Kier molecular flexibility index (Phi) is 7.77. The molecule has 0 radical (unpaired) electrons. The second-order valence-corrected chi connectivity index (χ2v) is 8.51. The van der Waals surface area contributed by atoms with Gasteiger partial charge in [-0.3, -0.25) is 4.79 Å². The standard InChI is InChI=1S/C21H30N4O2S/c1-17(2)11-14-25-19(15-27-18-9-5-3-6-10-18)22-23-21(25)28-16-20(26)24-12-7-4-8-13-24/h3,5-6,9-10,17H,4,7-8,11-16H2,1-2H3. The topological polar surface area (TPSA) is 60.2 Å². The fraction of sp³-hybridized carbons (Fsp3) is 0.571. The summed E-state index contributed by atoms with van der Waals surface area (Å²) in [5.41, 5.74) is 0. The van der Waals surface area contributed by atoms with Crippen molar-refractivity contribution in [1.82, 2.24) is 19.7 Å². The van der Waals surface area contributed by atoms with Gasteiger partial charge in [0.15, 0.2) is 11.0 Å². The maximum absolute atomic E-state index is 12.5. The fourth-order valence-electron chi connectivity index (χ4n) is 3.17. The molecule has 2 heterocycles. The Labute approximate surface area is 171 Å². The first-order chi connectivity index (χ1) is 13.6. The molecular weight excluding hydrogens is 372 g/mol. The largest absolute Gasteiger partial charge is 0.486 e. The molecule has 0 saturated carbocycles. The average molecular weight is 403 g/mol. The Morgan fingerprint density at radius 3 is 2.61 bits per heavy atom. The van der Waals surface area contributed by atoms with Gasteiger partial charge in [0.1, 0.15) is 12.4 Å². The van der Waals surface area contributed by atoms with E-state index in [1.807, 2.05) is 35.2 Å². The van der Waals surface area contributed by atoms with Crippen molar-refractivity contribution in [2.45, 2.75) is 57.8 Å². The monoisotopic (exact) mass is 402 g/mol. The van der Waals surface area contributed by atoms with Crippen LogP contribution in [0.15, 0.2) is 35.5 Å². The average Bonchev–Trinajstić information content (AvgIpc) is 3.12. The Morgan fingerprint density at radius 2 is 1.89 bits per heavy atom. The molecule has 1 fully saturated rings. The summed E-state index contributed by atoms with van der Waals surface area (Å²) in [4.78, 5) is 14.5. The summed E-state index contributed by atoms with van der Waals surface area (Å²) in [6.07, 6.45) is 4.49. The van der Waals surface area contributed by atoms with Gasteiger partial charge in [-0.2, -0.15) is 0 Å². The molecule has 1 aromatic heterocycles. The van der Waals surface area contributed by atoms with E-state index in [2.05, 4.69) is 28.6 Å².